The molecule has 0 aromatic heterocycles. The summed E-state index contributed by atoms with van der Waals surface area (Å²) in [5.41, 5.74) is 1.10. The molecule has 3 atom stereocenters. The van der Waals surface area contributed by atoms with Gasteiger partial charge in [-0.1, -0.05) is 43.1 Å². The number of rotatable bonds is 3. The van der Waals surface area contributed by atoms with Gasteiger partial charge in [-0.3, -0.25) is 0 Å². The topological polar surface area (TPSA) is 20.2 Å². The Bertz CT molecular complexity index is 431. The van der Waals surface area contributed by atoms with Gasteiger partial charge in [0.25, 0.3) is 0 Å². The highest BCUT2D eigenvalue weighted by Crippen LogP contribution is 2.36. The van der Waals surface area contributed by atoms with E-state index in [1.54, 1.807) is 6.07 Å². The van der Waals surface area contributed by atoms with Crippen LogP contribution in [0.5, 0.6) is 0 Å². The molecule has 1 nitrogen and oxygen atoms in total. The second-order valence-corrected chi connectivity index (χ2v) is 6.93. The van der Waals surface area contributed by atoms with Crippen LogP contribution in [0.25, 0.3) is 0 Å². The highest BCUT2D eigenvalue weighted by Gasteiger charge is 2.30. The number of hydrogen-bond donors (Lipinski definition) is 1. The smallest absolute Gasteiger partial charge is 0.0571 e. The molecule has 0 amide bonds. The summed E-state index contributed by atoms with van der Waals surface area (Å²) in [5.74, 6) is 1.73. The van der Waals surface area contributed by atoms with E-state index >= 15 is 0 Å². The van der Waals surface area contributed by atoms with Gasteiger partial charge >= 0.3 is 0 Å². The van der Waals surface area contributed by atoms with E-state index in [1.165, 1.54) is 0 Å². The largest absolute Gasteiger partial charge is 0.393 e. The molecular weight excluding hydrogens is 279 g/mol. The minimum atomic E-state index is -0.193. The Morgan fingerprint density at radius 2 is 2.00 bits per heavy atom. The molecular formula is C16H22Cl2O. The van der Waals surface area contributed by atoms with Gasteiger partial charge in [0.15, 0.2) is 0 Å². The molecule has 0 spiro atoms. The van der Waals surface area contributed by atoms with Gasteiger partial charge in [0.2, 0.25) is 0 Å². The fraction of sp³-hybridized carbons (Fsp3) is 0.625. The molecule has 1 saturated carbocycles. The number of benzene rings is 1. The van der Waals surface area contributed by atoms with Crippen LogP contribution in [0.15, 0.2) is 18.2 Å². The Hall–Kier alpha value is -0.240. The summed E-state index contributed by atoms with van der Waals surface area (Å²) in [4.78, 5) is 0. The van der Waals surface area contributed by atoms with Crippen molar-refractivity contribution in [2.24, 2.45) is 17.8 Å². The monoisotopic (exact) mass is 300 g/mol. The molecule has 2 rings (SSSR count). The number of aliphatic hydroxyl groups is 1. The van der Waals surface area contributed by atoms with E-state index in [9.17, 15) is 5.11 Å². The minimum Gasteiger partial charge on any atom is -0.393 e. The highest BCUT2D eigenvalue weighted by molar-refractivity contribution is 6.35. The number of hydrogen-bond acceptors (Lipinski definition) is 1. The van der Waals surface area contributed by atoms with Crippen molar-refractivity contribution in [2.75, 3.05) is 0 Å². The molecule has 0 bridgehead atoms. The van der Waals surface area contributed by atoms with Crippen LogP contribution in [0, 0.1) is 17.8 Å². The van der Waals surface area contributed by atoms with Crippen LogP contribution in [-0.4, -0.2) is 11.2 Å². The maximum atomic E-state index is 10.2. The third kappa shape index (κ3) is 3.87. The molecule has 1 aliphatic rings. The standard InChI is InChI=1S/C16H22Cl2O/c1-10(2)11-4-6-16(19)13(7-11)8-12-3-5-14(17)9-15(12)18/h3,5,9-11,13,16,19H,4,6-8H2,1-2H3. The van der Waals surface area contributed by atoms with Crippen molar-refractivity contribution in [3.8, 4) is 0 Å². The predicted molar refractivity (Wildman–Crippen MR) is 81.8 cm³/mol. The van der Waals surface area contributed by atoms with Gasteiger partial charge < -0.3 is 5.11 Å². The molecule has 1 aromatic rings. The maximum absolute atomic E-state index is 10.2. The Morgan fingerprint density at radius 3 is 2.63 bits per heavy atom. The second-order valence-electron chi connectivity index (χ2n) is 6.08. The molecule has 1 fully saturated rings. The summed E-state index contributed by atoms with van der Waals surface area (Å²) in [6, 6.07) is 5.64. The normalized spacial score (nSPS) is 27.8. The van der Waals surface area contributed by atoms with Crippen molar-refractivity contribution in [1.29, 1.82) is 0 Å². The Morgan fingerprint density at radius 1 is 1.26 bits per heavy atom. The Balaban J connectivity index is 2.07. The molecule has 19 heavy (non-hydrogen) atoms. The lowest BCUT2D eigenvalue weighted by Gasteiger charge is -2.35. The second kappa shape index (κ2) is 6.47. The molecule has 1 aliphatic carbocycles. The van der Waals surface area contributed by atoms with E-state index in [2.05, 4.69) is 13.8 Å². The van der Waals surface area contributed by atoms with Crippen molar-refractivity contribution in [1.82, 2.24) is 0 Å². The SMILES string of the molecule is CC(C)C1CCC(O)C(Cc2ccc(Cl)cc2Cl)C1. The summed E-state index contributed by atoms with van der Waals surface area (Å²) >= 11 is 12.1. The van der Waals surface area contributed by atoms with Gasteiger partial charge in [-0.15, -0.1) is 0 Å². The van der Waals surface area contributed by atoms with Gasteiger partial charge in [-0.2, -0.15) is 0 Å². The van der Waals surface area contributed by atoms with Crippen LogP contribution < -0.4 is 0 Å². The lowest BCUT2D eigenvalue weighted by Crippen LogP contribution is -2.32. The van der Waals surface area contributed by atoms with E-state index in [1.807, 2.05) is 12.1 Å². The van der Waals surface area contributed by atoms with Crippen molar-refractivity contribution >= 4 is 23.2 Å². The van der Waals surface area contributed by atoms with Gasteiger partial charge in [0.05, 0.1) is 6.10 Å². The van der Waals surface area contributed by atoms with Gasteiger partial charge in [-0.05, 0) is 61.1 Å². The summed E-state index contributed by atoms with van der Waals surface area (Å²) in [6.45, 7) is 4.55. The molecule has 0 radical (unpaired) electrons. The van der Waals surface area contributed by atoms with Gasteiger partial charge in [0.1, 0.15) is 0 Å². The van der Waals surface area contributed by atoms with Crippen molar-refractivity contribution in [3.63, 3.8) is 0 Å². The van der Waals surface area contributed by atoms with Crippen LogP contribution >= 0.6 is 23.2 Å². The molecule has 1 aromatic carbocycles. The van der Waals surface area contributed by atoms with Crippen LogP contribution in [0.4, 0.5) is 0 Å². The minimum absolute atomic E-state index is 0.193. The van der Waals surface area contributed by atoms with Crippen LogP contribution in [0.1, 0.15) is 38.7 Å². The van der Waals surface area contributed by atoms with Gasteiger partial charge in [0, 0.05) is 10.0 Å². The number of aliphatic hydroxyl groups excluding tert-OH is 1. The summed E-state index contributed by atoms with van der Waals surface area (Å²) in [5, 5.41) is 11.6. The zero-order valence-electron chi connectivity index (χ0n) is 11.6. The summed E-state index contributed by atoms with van der Waals surface area (Å²) < 4.78 is 0. The Kier molecular flexibility index (Phi) is 5.16. The average Bonchev–Trinajstić information content (AvgIpc) is 2.34. The molecule has 106 valence electrons. The third-order valence-corrected chi connectivity index (χ3v) is 5.01. The van der Waals surface area contributed by atoms with E-state index in [0.717, 1.165) is 37.2 Å². The maximum Gasteiger partial charge on any atom is 0.0571 e. The summed E-state index contributed by atoms with van der Waals surface area (Å²) in [6.07, 6.45) is 3.81. The van der Waals surface area contributed by atoms with Crippen molar-refractivity contribution in [2.45, 2.75) is 45.6 Å². The molecule has 3 unspecified atom stereocenters. The fourth-order valence-electron chi connectivity index (χ4n) is 3.08. The first-order valence-corrected chi connectivity index (χ1v) is 7.85. The van der Waals surface area contributed by atoms with Gasteiger partial charge in [-0.25, -0.2) is 0 Å². The lowest BCUT2D eigenvalue weighted by atomic mass is 9.73. The number of halogens is 2. The zero-order chi connectivity index (χ0) is 14.0. The van der Waals surface area contributed by atoms with Crippen LogP contribution in [-0.2, 0) is 6.42 Å². The van der Waals surface area contributed by atoms with Crippen molar-refractivity contribution in [3.05, 3.63) is 33.8 Å². The zero-order valence-corrected chi connectivity index (χ0v) is 13.1. The van der Waals surface area contributed by atoms with Crippen LogP contribution in [0.3, 0.4) is 0 Å². The van der Waals surface area contributed by atoms with E-state index in [0.29, 0.717) is 21.9 Å². The fourth-order valence-corrected chi connectivity index (χ4v) is 3.56. The first-order valence-electron chi connectivity index (χ1n) is 7.09. The average molecular weight is 301 g/mol. The molecule has 0 saturated heterocycles. The first-order chi connectivity index (χ1) is 8.97. The lowest BCUT2D eigenvalue weighted by molar-refractivity contribution is 0.0379. The van der Waals surface area contributed by atoms with Crippen LogP contribution in [0.2, 0.25) is 10.0 Å². The van der Waals surface area contributed by atoms with E-state index in [4.69, 9.17) is 23.2 Å². The highest BCUT2D eigenvalue weighted by atomic mass is 35.5. The third-order valence-electron chi connectivity index (χ3n) is 4.42. The first kappa shape index (κ1) is 15.2. The van der Waals surface area contributed by atoms with E-state index in [-0.39, 0.29) is 6.10 Å². The Labute approximate surface area is 125 Å². The molecule has 3 heteroatoms. The summed E-state index contributed by atoms with van der Waals surface area (Å²) in [7, 11) is 0. The quantitative estimate of drug-likeness (QED) is 0.835. The molecule has 0 aliphatic heterocycles. The predicted octanol–water partition coefficient (Wildman–Crippen LogP) is 4.97. The van der Waals surface area contributed by atoms with Crippen molar-refractivity contribution < 1.29 is 5.11 Å². The molecule has 1 N–H and O–H groups in total. The molecule has 0 heterocycles. The van der Waals surface area contributed by atoms with E-state index < -0.39 is 0 Å².